The van der Waals surface area contributed by atoms with E-state index in [1.54, 1.807) is 12.1 Å². The van der Waals surface area contributed by atoms with Crippen molar-refractivity contribution < 1.29 is 9.90 Å². The zero-order valence-corrected chi connectivity index (χ0v) is 13.5. The minimum Gasteiger partial charge on any atom is -0.478 e. The van der Waals surface area contributed by atoms with Crippen LogP contribution in [-0.4, -0.2) is 28.0 Å². The van der Waals surface area contributed by atoms with Gasteiger partial charge in [-0.25, -0.2) is 9.78 Å². The van der Waals surface area contributed by atoms with Crippen molar-refractivity contribution >= 4 is 17.3 Å². The van der Waals surface area contributed by atoms with E-state index < -0.39 is 5.97 Å². The maximum absolute atomic E-state index is 10.9. The van der Waals surface area contributed by atoms with Crippen LogP contribution in [0.25, 0.3) is 0 Å². The SMILES string of the molecule is CN(Cc1ccc(C(=O)O)cc1)Cc1nc2c(s1)CCCC2. The Labute approximate surface area is 134 Å². The highest BCUT2D eigenvalue weighted by molar-refractivity contribution is 7.11. The van der Waals surface area contributed by atoms with Gasteiger partial charge in [-0.3, -0.25) is 4.90 Å². The van der Waals surface area contributed by atoms with Crippen LogP contribution in [0.2, 0.25) is 0 Å². The molecule has 0 aliphatic heterocycles. The van der Waals surface area contributed by atoms with Gasteiger partial charge < -0.3 is 5.11 Å². The molecule has 0 radical (unpaired) electrons. The molecule has 1 aliphatic rings. The van der Waals surface area contributed by atoms with Crippen LogP contribution >= 0.6 is 11.3 Å². The number of fused-ring (bicyclic) bond motifs is 1. The number of thiazole rings is 1. The number of hydrogen-bond donors (Lipinski definition) is 1. The summed E-state index contributed by atoms with van der Waals surface area (Å²) in [6, 6.07) is 7.08. The highest BCUT2D eigenvalue weighted by Gasteiger charge is 2.15. The third kappa shape index (κ3) is 3.54. The smallest absolute Gasteiger partial charge is 0.335 e. The van der Waals surface area contributed by atoms with Crippen LogP contribution in [0.4, 0.5) is 0 Å². The maximum Gasteiger partial charge on any atom is 0.335 e. The van der Waals surface area contributed by atoms with E-state index in [-0.39, 0.29) is 0 Å². The van der Waals surface area contributed by atoms with Gasteiger partial charge in [0.25, 0.3) is 0 Å². The van der Waals surface area contributed by atoms with Crippen molar-refractivity contribution in [2.24, 2.45) is 0 Å². The first-order valence-electron chi connectivity index (χ1n) is 7.60. The Morgan fingerprint density at radius 2 is 1.95 bits per heavy atom. The van der Waals surface area contributed by atoms with E-state index in [0.717, 1.165) is 25.1 Å². The monoisotopic (exact) mass is 316 g/mol. The minimum absolute atomic E-state index is 0.332. The second kappa shape index (κ2) is 6.58. The topological polar surface area (TPSA) is 53.4 Å². The Hall–Kier alpha value is -1.72. The van der Waals surface area contributed by atoms with Crippen LogP contribution in [0.5, 0.6) is 0 Å². The molecule has 0 saturated carbocycles. The molecular formula is C17H20N2O2S. The number of carboxylic acid groups (broad SMARTS) is 1. The predicted molar refractivity (Wildman–Crippen MR) is 87.3 cm³/mol. The number of rotatable bonds is 5. The van der Waals surface area contributed by atoms with Crippen molar-refractivity contribution in [1.29, 1.82) is 0 Å². The van der Waals surface area contributed by atoms with E-state index in [0.29, 0.717) is 5.56 Å². The highest BCUT2D eigenvalue weighted by atomic mass is 32.1. The third-order valence-corrected chi connectivity index (χ3v) is 5.09. The van der Waals surface area contributed by atoms with E-state index >= 15 is 0 Å². The number of carbonyl (C=O) groups is 1. The first-order valence-corrected chi connectivity index (χ1v) is 8.41. The molecule has 3 rings (SSSR count). The Morgan fingerprint density at radius 3 is 2.64 bits per heavy atom. The molecule has 2 aromatic rings. The normalized spacial score (nSPS) is 14.1. The van der Waals surface area contributed by atoms with Gasteiger partial charge in [0.2, 0.25) is 0 Å². The molecule has 116 valence electrons. The maximum atomic E-state index is 10.9. The van der Waals surface area contributed by atoms with Crippen molar-refractivity contribution in [3.63, 3.8) is 0 Å². The van der Waals surface area contributed by atoms with Crippen LogP contribution in [0.15, 0.2) is 24.3 Å². The second-order valence-electron chi connectivity index (χ2n) is 5.86. The number of benzene rings is 1. The summed E-state index contributed by atoms with van der Waals surface area (Å²) in [5, 5.41) is 10.1. The van der Waals surface area contributed by atoms with Crippen molar-refractivity contribution in [1.82, 2.24) is 9.88 Å². The summed E-state index contributed by atoms with van der Waals surface area (Å²) < 4.78 is 0. The van der Waals surface area contributed by atoms with Crippen LogP contribution in [0.1, 0.15) is 44.3 Å². The molecule has 1 aromatic carbocycles. The number of nitrogens with zero attached hydrogens (tertiary/aromatic N) is 2. The van der Waals surface area contributed by atoms with Crippen molar-refractivity contribution in [3.05, 3.63) is 51.0 Å². The molecule has 0 atom stereocenters. The Balaban J connectivity index is 1.61. The molecular weight excluding hydrogens is 296 g/mol. The Kier molecular flexibility index (Phi) is 4.55. The van der Waals surface area contributed by atoms with Gasteiger partial charge >= 0.3 is 5.97 Å². The molecule has 0 spiro atoms. The Morgan fingerprint density at radius 1 is 1.23 bits per heavy atom. The molecule has 1 aliphatic carbocycles. The largest absolute Gasteiger partial charge is 0.478 e. The van der Waals surface area contributed by atoms with Gasteiger partial charge in [0, 0.05) is 11.4 Å². The van der Waals surface area contributed by atoms with Gasteiger partial charge in [0.15, 0.2) is 0 Å². The summed E-state index contributed by atoms with van der Waals surface area (Å²) in [5.74, 6) is -0.881. The lowest BCUT2D eigenvalue weighted by Crippen LogP contribution is -2.17. The summed E-state index contributed by atoms with van der Waals surface area (Å²) in [6.07, 6.45) is 4.88. The van der Waals surface area contributed by atoms with E-state index in [2.05, 4.69) is 11.9 Å². The molecule has 1 N–H and O–H groups in total. The van der Waals surface area contributed by atoms with Crippen LogP contribution in [0.3, 0.4) is 0 Å². The summed E-state index contributed by atoms with van der Waals surface area (Å²) in [5.41, 5.74) is 2.76. The van der Waals surface area contributed by atoms with Crippen LogP contribution in [0, 0.1) is 0 Å². The Bertz CT molecular complexity index is 640. The standard InChI is InChI=1S/C17H20N2O2S/c1-19(10-12-6-8-13(9-7-12)17(20)21)11-16-18-14-4-2-3-5-15(14)22-16/h6-9H,2-5,10-11H2,1H3,(H,20,21). The van der Waals surface area contributed by atoms with Crippen molar-refractivity contribution in [2.75, 3.05) is 7.05 Å². The lowest BCUT2D eigenvalue weighted by molar-refractivity contribution is 0.0697. The van der Waals surface area contributed by atoms with Gasteiger partial charge in [0.05, 0.1) is 17.8 Å². The highest BCUT2D eigenvalue weighted by Crippen LogP contribution is 2.27. The fourth-order valence-electron chi connectivity index (χ4n) is 2.82. The molecule has 1 aromatic heterocycles. The fraction of sp³-hybridized carbons (Fsp3) is 0.412. The minimum atomic E-state index is -0.881. The molecule has 0 bridgehead atoms. The van der Waals surface area contributed by atoms with Gasteiger partial charge in [-0.05, 0) is 50.4 Å². The van der Waals surface area contributed by atoms with Crippen molar-refractivity contribution in [3.8, 4) is 0 Å². The first kappa shape index (κ1) is 15.2. The van der Waals surface area contributed by atoms with E-state index in [1.807, 2.05) is 23.5 Å². The van der Waals surface area contributed by atoms with E-state index in [1.165, 1.54) is 34.8 Å². The molecule has 22 heavy (non-hydrogen) atoms. The number of carboxylic acids is 1. The predicted octanol–water partition coefficient (Wildman–Crippen LogP) is 3.35. The second-order valence-corrected chi connectivity index (χ2v) is 7.03. The van der Waals surface area contributed by atoms with Gasteiger partial charge in [-0.15, -0.1) is 11.3 Å². The van der Waals surface area contributed by atoms with E-state index in [9.17, 15) is 4.79 Å². The molecule has 0 fully saturated rings. The third-order valence-electron chi connectivity index (χ3n) is 3.95. The summed E-state index contributed by atoms with van der Waals surface area (Å²) >= 11 is 1.85. The average molecular weight is 316 g/mol. The van der Waals surface area contributed by atoms with Gasteiger partial charge in [-0.1, -0.05) is 12.1 Å². The number of aromatic nitrogens is 1. The number of aromatic carboxylic acids is 1. The molecule has 0 unspecified atom stereocenters. The zero-order chi connectivity index (χ0) is 15.5. The molecule has 5 heteroatoms. The van der Waals surface area contributed by atoms with Gasteiger partial charge in [-0.2, -0.15) is 0 Å². The quantitative estimate of drug-likeness (QED) is 0.919. The van der Waals surface area contributed by atoms with Crippen molar-refractivity contribution in [2.45, 2.75) is 38.8 Å². The summed E-state index contributed by atoms with van der Waals surface area (Å²) in [7, 11) is 2.07. The molecule has 4 nitrogen and oxygen atoms in total. The lowest BCUT2D eigenvalue weighted by atomic mass is 10.0. The molecule has 1 heterocycles. The lowest BCUT2D eigenvalue weighted by Gasteiger charge is -2.15. The number of hydrogen-bond acceptors (Lipinski definition) is 4. The van der Waals surface area contributed by atoms with E-state index in [4.69, 9.17) is 10.1 Å². The van der Waals surface area contributed by atoms with Gasteiger partial charge in [0.1, 0.15) is 5.01 Å². The zero-order valence-electron chi connectivity index (χ0n) is 12.7. The summed E-state index contributed by atoms with van der Waals surface area (Å²) in [6.45, 7) is 1.64. The first-order chi connectivity index (χ1) is 10.6. The van der Waals surface area contributed by atoms with Crippen LogP contribution < -0.4 is 0 Å². The molecule has 0 saturated heterocycles. The van der Waals surface area contributed by atoms with Crippen LogP contribution in [-0.2, 0) is 25.9 Å². The fourth-order valence-corrected chi connectivity index (χ4v) is 4.06. The summed E-state index contributed by atoms with van der Waals surface area (Å²) in [4.78, 5) is 19.3. The average Bonchev–Trinajstić information content (AvgIpc) is 2.89. The number of aryl methyl sites for hydroxylation is 2. The molecule has 0 amide bonds.